The summed E-state index contributed by atoms with van der Waals surface area (Å²) in [5.74, 6) is -0.127. The fourth-order valence-electron chi connectivity index (χ4n) is 3.18. The number of ether oxygens (including phenoxy) is 1. The molecule has 0 aliphatic rings. The van der Waals surface area contributed by atoms with Gasteiger partial charge in [-0.15, -0.1) is 0 Å². The standard InChI is InChI=1S/C19H19N3O5/c1-10-7-11(2)13(12(3)8-10)9-20-18(24)22-17(23)16-14(21-22)5-4-6-15(16)27-19(25)26/h4-8,21H,9H2,1-3H3,(H,20,24)(H,25,26). The fraction of sp³-hybridized carbons (Fsp3) is 0.211. The predicted octanol–water partition coefficient (Wildman–Crippen LogP) is 3.07. The van der Waals surface area contributed by atoms with Gasteiger partial charge in [0.25, 0.3) is 5.56 Å². The summed E-state index contributed by atoms with van der Waals surface area (Å²) in [6.07, 6.45) is -1.54. The lowest BCUT2D eigenvalue weighted by Crippen LogP contribution is -2.35. The zero-order chi connectivity index (χ0) is 19.7. The van der Waals surface area contributed by atoms with Crippen molar-refractivity contribution in [1.82, 2.24) is 15.1 Å². The monoisotopic (exact) mass is 369 g/mol. The number of nitrogens with one attached hydrogen (secondary N) is 2. The Morgan fingerprint density at radius 3 is 2.48 bits per heavy atom. The zero-order valence-electron chi connectivity index (χ0n) is 15.1. The van der Waals surface area contributed by atoms with Crippen LogP contribution in [0.1, 0.15) is 22.3 Å². The number of amides is 1. The number of rotatable bonds is 3. The first kappa shape index (κ1) is 18.2. The molecule has 0 atom stereocenters. The minimum Gasteiger partial charge on any atom is -0.449 e. The summed E-state index contributed by atoms with van der Waals surface area (Å²) >= 11 is 0. The average Bonchev–Trinajstić information content (AvgIpc) is 2.91. The second kappa shape index (κ2) is 6.99. The minimum atomic E-state index is -1.54. The number of hydrogen-bond donors (Lipinski definition) is 3. The van der Waals surface area contributed by atoms with Crippen molar-refractivity contribution in [3.63, 3.8) is 0 Å². The highest BCUT2D eigenvalue weighted by molar-refractivity contribution is 5.89. The number of nitrogens with zero attached hydrogens (tertiary/aromatic N) is 1. The molecule has 8 heteroatoms. The van der Waals surface area contributed by atoms with E-state index in [1.807, 2.05) is 32.9 Å². The van der Waals surface area contributed by atoms with Gasteiger partial charge in [-0.3, -0.25) is 9.89 Å². The lowest BCUT2D eigenvalue weighted by molar-refractivity contribution is 0.145. The molecular weight excluding hydrogens is 350 g/mol. The van der Waals surface area contributed by atoms with Crippen LogP contribution in [0.25, 0.3) is 10.9 Å². The van der Waals surface area contributed by atoms with Crippen LogP contribution in [0.5, 0.6) is 5.75 Å². The van der Waals surface area contributed by atoms with Crippen molar-refractivity contribution in [3.8, 4) is 5.75 Å². The Bertz CT molecular complexity index is 1090. The molecule has 0 spiro atoms. The summed E-state index contributed by atoms with van der Waals surface area (Å²) in [6, 6.07) is 7.85. The van der Waals surface area contributed by atoms with Gasteiger partial charge in [0, 0.05) is 6.54 Å². The van der Waals surface area contributed by atoms with Gasteiger partial charge in [-0.1, -0.05) is 23.8 Å². The third kappa shape index (κ3) is 3.55. The van der Waals surface area contributed by atoms with Crippen LogP contribution in [0, 0.1) is 20.8 Å². The predicted molar refractivity (Wildman–Crippen MR) is 99.5 cm³/mol. The topological polar surface area (TPSA) is 113 Å². The van der Waals surface area contributed by atoms with E-state index in [1.165, 1.54) is 12.1 Å². The highest BCUT2D eigenvalue weighted by atomic mass is 16.7. The maximum Gasteiger partial charge on any atom is 0.511 e. The van der Waals surface area contributed by atoms with E-state index in [4.69, 9.17) is 5.11 Å². The van der Waals surface area contributed by atoms with E-state index in [0.717, 1.165) is 26.9 Å². The molecule has 0 saturated carbocycles. The van der Waals surface area contributed by atoms with E-state index >= 15 is 0 Å². The van der Waals surface area contributed by atoms with Crippen molar-refractivity contribution in [2.75, 3.05) is 0 Å². The molecule has 140 valence electrons. The van der Waals surface area contributed by atoms with Crippen LogP contribution >= 0.6 is 0 Å². The van der Waals surface area contributed by atoms with E-state index in [2.05, 4.69) is 15.2 Å². The Hall–Kier alpha value is -3.55. The molecular formula is C19H19N3O5. The Balaban J connectivity index is 1.90. The first-order valence-corrected chi connectivity index (χ1v) is 8.27. The Morgan fingerprint density at radius 1 is 1.19 bits per heavy atom. The molecule has 0 unspecified atom stereocenters. The van der Waals surface area contributed by atoms with Gasteiger partial charge in [0.05, 0.1) is 5.52 Å². The summed E-state index contributed by atoms with van der Waals surface area (Å²) in [4.78, 5) is 35.8. The molecule has 1 amide bonds. The van der Waals surface area contributed by atoms with Crippen molar-refractivity contribution in [2.45, 2.75) is 27.3 Å². The Labute approximate surface area is 154 Å². The molecule has 3 N–H and O–H groups in total. The molecule has 0 bridgehead atoms. The molecule has 3 aromatic rings. The normalized spacial score (nSPS) is 10.8. The average molecular weight is 369 g/mol. The maximum absolute atomic E-state index is 12.6. The number of fused-ring (bicyclic) bond motifs is 1. The number of carbonyl (C=O) groups excluding carboxylic acids is 1. The van der Waals surface area contributed by atoms with Gasteiger partial charge in [-0.25, -0.2) is 9.59 Å². The lowest BCUT2D eigenvalue weighted by atomic mass is 10.00. The van der Waals surface area contributed by atoms with Crippen molar-refractivity contribution in [2.24, 2.45) is 0 Å². The summed E-state index contributed by atoms with van der Waals surface area (Å²) in [5.41, 5.74) is 3.84. The second-order valence-corrected chi connectivity index (χ2v) is 6.34. The molecule has 3 rings (SSSR count). The van der Waals surface area contributed by atoms with Crippen LogP contribution in [0.4, 0.5) is 9.59 Å². The number of carboxylic acid groups (broad SMARTS) is 1. The maximum atomic E-state index is 12.6. The molecule has 1 heterocycles. The molecule has 8 nitrogen and oxygen atoms in total. The number of aryl methyl sites for hydroxylation is 3. The minimum absolute atomic E-state index is 0.00209. The van der Waals surface area contributed by atoms with Crippen LogP contribution in [-0.2, 0) is 6.54 Å². The summed E-state index contributed by atoms with van der Waals surface area (Å²) in [5, 5.41) is 14.2. The zero-order valence-corrected chi connectivity index (χ0v) is 15.1. The van der Waals surface area contributed by atoms with Gasteiger partial charge >= 0.3 is 12.2 Å². The fourth-order valence-corrected chi connectivity index (χ4v) is 3.18. The van der Waals surface area contributed by atoms with Crippen LogP contribution < -0.4 is 15.6 Å². The van der Waals surface area contributed by atoms with Crippen LogP contribution in [0.15, 0.2) is 35.1 Å². The van der Waals surface area contributed by atoms with Crippen molar-refractivity contribution < 1.29 is 19.4 Å². The molecule has 2 aromatic carbocycles. The van der Waals surface area contributed by atoms with Crippen molar-refractivity contribution >= 4 is 23.1 Å². The lowest BCUT2D eigenvalue weighted by Gasteiger charge is -2.12. The SMILES string of the molecule is Cc1cc(C)c(CNC(=O)n2[nH]c3cccc(OC(=O)O)c3c2=O)c(C)c1. The van der Waals surface area contributed by atoms with E-state index in [9.17, 15) is 14.4 Å². The van der Waals surface area contributed by atoms with E-state index in [0.29, 0.717) is 5.52 Å². The van der Waals surface area contributed by atoms with Gasteiger partial charge in [0.15, 0.2) is 0 Å². The second-order valence-electron chi connectivity index (χ2n) is 6.34. The van der Waals surface area contributed by atoms with Crippen LogP contribution in [0.3, 0.4) is 0 Å². The number of aromatic amines is 1. The number of carbonyl (C=O) groups is 2. The number of aromatic nitrogens is 2. The van der Waals surface area contributed by atoms with Crippen LogP contribution in [0.2, 0.25) is 0 Å². The highest BCUT2D eigenvalue weighted by Gasteiger charge is 2.18. The Kier molecular flexibility index (Phi) is 4.72. The molecule has 0 aliphatic carbocycles. The van der Waals surface area contributed by atoms with Gasteiger partial charge in [0.2, 0.25) is 0 Å². The van der Waals surface area contributed by atoms with Crippen molar-refractivity contribution in [1.29, 1.82) is 0 Å². The van der Waals surface area contributed by atoms with E-state index in [-0.39, 0.29) is 17.7 Å². The van der Waals surface area contributed by atoms with Gasteiger partial charge in [-0.05, 0) is 49.6 Å². The number of hydrogen-bond acceptors (Lipinski definition) is 4. The Morgan fingerprint density at radius 2 is 1.85 bits per heavy atom. The third-order valence-corrected chi connectivity index (χ3v) is 4.33. The third-order valence-electron chi connectivity index (χ3n) is 4.33. The molecule has 0 aliphatic heterocycles. The number of benzene rings is 2. The molecule has 0 fully saturated rings. The molecule has 1 aromatic heterocycles. The van der Waals surface area contributed by atoms with Gasteiger partial charge in [0.1, 0.15) is 11.1 Å². The highest BCUT2D eigenvalue weighted by Crippen LogP contribution is 2.21. The quantitative estimate of drug-likeness (QED) is 0.485. The van der Waals surface area contributed by atoms with E-state index < -0.39 is 17.7 Å². The summed E-state index contributed by atoms with van der Waals surface area (Å²) < 4.78 is 5.43. The van der Waals surface area contributed by atoms with Crippen LogP contribution in [-0.4, -0.2) is 27.1 Å². The molecule has 27 heavy (non-hydrogen) atoms. The summed E-state index contributed by atoms with van der Waals surface area (Å²) in [7, 11) is 0. The molecule has 0 radical (unpaired) electrons. The smallest absolute Gasteiger partial charge is 0.449 e. The van der Waals surface area contributed by atoms with Gasteiger partial charge < -0.3 is 15.2 Å². The summed E-state index contributed by atoms with van der Waals surface area (Å²) in [6.45, 7) is 6.19. The van der Waals surface area contributed by atoms with Gasteiger partial charge in [-0.2, -0.15) is 4.68 Å². The molecule has 0 saturated heterocycles. The largest absolute Gasteiger partial charge is 0.511 e. The first-order chi connectivity index (χ1) is 12.8. The first-order valence-electron chi connectivity index (χ1n) is 8.27. The van der Waals surface area contributed by atoms with E-state index in [1.54, 1.807) is 6.07 Å². The van der Waals surface area contributed by atoms with Crippen molar-refractivity contribution in [3.05, 3.63) is 62.9 Å². The number of H-pyrrole nitrogens is 1.